The molecule has 0 unspecified atom stereocenters. The van der Waals surface area contributed by atoms with Gasteiger partial charge in [0.05, 0.1) is 6.54 Å². The zero-order valence-electron chi connectivity index (χ0n) is 10.6. The molecule has 5 nitrogen and oxygen atoms in total. The van der Waals surface area contributed by atoms with Crippen LogP contribution in [0.25, 0.3) is 0 Å². The van der Waals surface area contributed by atoms with Crippen molar-refractivity contribution in [1.29, 1.82) is 0 Å². The number of anilines is 2. The van der Waals surface area contributed by atoms with E-state index in [0.717, 1.165) is 0 Å². The molecule has 1 aromatic heterocycles. The van der Waals surface area contributed by atoms with Gasteiger partial charge in [0.25, 0.3) is 0 Å². The van der Waals surface area contributed by atoms with Crippen LogP contribution in [0, 0.1) is 0 Å². The number of hydrogen-bond donors (Lipinski definition) is 1. The van der Waals surface area contributed by atoms with Crippen LogP contribution < -0.4 is 9.80 Å². The van der Waals surface area contributed by atoms with Crippen molar-refractivity contribution in [3.63, 3.8) is 0 Å². The predicted molar refractivity (Wildman–Crippen MR) is 64.2 cm³/mol. The van der Waals surface area contributed by atoms with E-state index in [4.69, 9.17) is 0 Å². The molecule has 2 rings (SSSR count). The van der Waals surface area contributed by atoms with Gasteiger partial charge in [-0.1, -0.05) is 0 Å². The smallest absolute Gasteiger partial charge is 0.379 e. The lowest BCUT2D eigenvalue weighted by Crippen LogP contribution is -2.47. The summed E-state index contributed by atoms with van der Waals surface area (Å²) in [5.74, 6) is 0.804. The van der Waals surface area contributed by atoms with Crippen molar-refractivity contribution in [2.24, 2.45) is 0 Å². The fourth-order valence-corrected chi connectivity index (χ4v) is 1.94. The number of aromatic nitrogens is 2. The molecule has 1 aliphatic rings. The first-order chi connectivity index (χ1) is 8.73. The molecule has 1 aromatic rings. The Kier molecular flexibility index (Phi) is 3.29. The van der Waals surface area contributed by atoms with Crippen LogP contribution in [0.15, 0.2) is 12.3 Å². The van der Waals surface area contributed by atoms with Crippen molar-refractivity contribution >= 4 is 11.8 Å². The second kappa shape index (κ2) is 4.52. The molecule has 0 bridgehead atoms. The number of alkyl halides is 3. The summed E-state index contributed by atoms with van der Waals surface area (Å²) >= 11 is 0. The molecule has 8 heteroatoms. The number of halogens is 3. The largest absolute Gasteiger partial charge is 0.419 e. The van der Waals surface area contributed by atoms with E-state index in [0.29, 0.717) is 5.82 Å². The third-order valence-electron chi connectivity index (χ3n) is 3.14. The van der Waals surface area contributed by atoms with Crippen LogP contribution in [0.5, 0.6) is 0 Å². The lowest BCUT2D eigenvalue weighted by Gasteiger charge is -2.26. The fraction of sp³-hybridized carbons (Fsp3) is 0.636. The number of aliphatic hydroxyl groups is 1. The monoisotopic (exact) mass is 276 g/mol. The minimum Gasteiger partial charge on any atom is -0.379 e. The highest BCUT2D eigenvalue weighted by Gasteiger charge is 2.57. The molecule has 1 aliphatic heterocycles. The Hall–Kier alpha value is -1.57. The topological polar surface area (TPSA) is 52.5 Å². The standard InChI is InChI=1S/C11H15F3N4O/c1-17(2)8-3-5-15-9(16-8)18-6-4-10(19,7-18)11(12,13)14/h3,5,19H,4,6-7H2,1-2H3/t10-/m0/s1. The minimum atomic E-state index is -4.64. The van der Waals surface area contributed by atoms with Gasteiger partial charge in [-0.15, -0.1) is 0 Å². The van der Waals surface area contributed by atoms with Crippen LogP contribution in [-0.4, -0.2) is 54.0 Å². The Labute approximate surface area is 108 Å². The Morgan fingerprint density at radius 3 is 2.63 bits per heavy atom. The first-order valence-electron chi connectivity index (χ1n) is 5.77. The molecule has 1 atom stereocenters. The van der Waals surface area contributed by atoms with Gasteiger partial charge in [-0.25, -0.2) is 4.98 Å². The minimum absolute atomic E-state index is 0.0763. The van der Waals surface area contributed by atoms with Crippen LogP contribution in [0.2, 0.25) is 0 Å². The SMILES string of the molecule is CN(C)c1ccnc(N2CC[C@@](O)(C(F)(F)F)C2)n1. The lowest BCUT2D eigenvalue weighted by atomic mass is 10.0. The van der Waals surface area contributed by atoms with Crippen molar-refractivity contribution in [2.75, 3.05) is 37.0 Å². The van der Waals surface area contributed by atoms with Crippen molar-refractivity contribution in [3.8, 4) is 0 Å². The van der Waals surface area contributed by atoms with E-state index in [2.05, 4.69) is 9.97 Å². The van der Waals surface area contributed by atoms with Gasteiger partial charge in [0, 0.05) is 33.3 Å². The maximum Gasteiger partial charge on any atom is 0.419 e. The molecule has 2 heterocycles. The molecule has 0 radical (unpaired) electrons. The summed E-state index contributed by atoms with van der Waals surface area (Å²) in [6.45, 7) is -0.458. The van der Waals surface area contributed by atoms with Crippen LogP contribution in [0.4, 0.5) is 24.9 Å². The van der Waals surface area contributed by atoms with E-state index in [1.807, 2.05) is 0 Å². The maximum absolute atomic E-state index is 12.7. The molecular weight excluding hydrogens is 261 g/mol. The Balaban J connectivity index is 2.20. The molecule has 1 fully saturated rings. The van der Waals surface area contributed by atoms with Crippen molar-refractivity contribution in [2.45, 2.75) is 18.2 Å². The first kappa shape index (κ1) is 13.9. The maximum atomic E-state index is 12.7. The molecule has 106 valence electrons. The van der Waals surface area contributed by atoms with Gasteiger partial charge in [-0.05, 0) is 6.07 Å². The molecule has 0 amide bonds. The van der Waals surface area contributed by atoms with Gasteiger partial charge in [-0.3, -0.25) is 0 Å². The van der Waals surface area contributed by atoms with Gasteiger partial charge < -0.3 is 14.9 Å². The van der Waals surface area contributed by atoms with E-state index in [9.17, 15) is 18.3 Å². The lowest BCUT2D eigenvalue weighted by molar-refractivity contribution is -0.250. The van der Waals surface area contributed by atoms with Gasteiger partial charge in [0.1, 0.15) is 5.82 Å². The molecule has 1 saturated heterocycles. The number of rotatable bonds is 2. The summed E-state index contributed by atoms with van der Waals surface area (Å²) in [4.78, 5) is 11.2. The van der Waals surface area contributed by atoms with Crippen molar-refractivity contribution in [1.82, 2.24) is 9.97 Å². The highest BCUT2D eigenvalue weighted by molar-refractivity contribution is 5.43. The molecular formula is C11H15F3N4O. The Bertz CT molecular complexity index is 465. The van der Waals surface area contributed by atoms with E-state index < -0.39 is 18.3 Å². The summed E-state index contributed by atoms with van der Waals surface area (Å²) in [6.07, 6.45) is -3.52. The van der Waals surface area contributed by atoms with E-state index in [1.165, 1.54) is 11.1 Å². The van der Waals surface area contributed by atoms with Gasteiger partial charge in [0.2, 0.25) is 5.95 Å². The van der Waals surface area contributed by atoms with E-state index >= 15 is 0 Å². The number of nitrogens with zero attached hydrogens (tertiary/aromatic N) is 4. The molecule has 19 heavy (non-hydrogen) atoms. The average molecular weight is 276 g/mol. The third kappa shape index (κ3) is 2.58. The Morgan fingerprint density at radius 1 is 1.42 bits per heavy atom. The third-order valence-corrected chi connectivity index (χ3v) is 3.14. The van der Waals surface area contributed by atoms with E-state index in [1.54, 1.807) is 25.1 Å². The van der Waals surface area contributed by atoms with Crippen LogP contribution in [0.1, 0.15) is 6.42 Å². The summed E-state index contributed by atoms with van der Waals surface area (Å²) < 4.78 is 38.1. The van der Waals surface area contributed by atoms with Crippen LogP contribution >= 0.6 is 0 Å². The fourth-order valence-electron chi connectivity index (χ4n) is 1.94. The van der Waals surface area contributed by atoms with Crippen LogP contribution in [0.3, 0.4) is 0 Å². The molecule has 0 saturated carbocycles. The summed E-state index contributed by atoms with van der Waals surface area (Å²) in [6, 6.07) is 1.66. The van der Waals surface area contributed by atoms with Gasteiger partial charge >= 0.3 is 6.18 Å². The summed E-state index contributed by atoms with van der Waals surface area (Å²) in [5, 5.41) is 9.61. The summed E-state index contributed by atoms with van der Waals surface area (Å²) in [5.41, 5.74) is -2.68. The average Bonchev–Trinajstić information content (AvgIpc) is 2.73. The summed E-state index contributed by atoms with van der Waals surface area (Å²) in [7, 11) is 3.56. The zero-order chi connectivity index (χ0) is 14.3. The Morgan fingerprint density at radius 2 is 2.11 bits per heavy atom. The highest BCUT2D eigenvalue weighted by atomic mass is 19.4. The van der Waals surface area contributed by atoms with Gasteiger partial charge in [-0.2, -0.15) is 18.2 Å². The second-order valence-corrected chi connectivity index (χ2v) is 4.81. The number of β-amino-alcohol motifs (C(OH)–C–C–N with tert-alkyl or cyclic N) is 1. The first-order valence-corrected chi connectivity index (χ1v) is 5.77. The van der Waals surface area contributed by atoms with Gasteiger partial charge in [0.15, 0.2) is 5.60 Å². The van der Waals surface area contributed by atoms with Crippen molar-refractivity contribution < 1.29 is 18.3 Å². The quantitative estimate of drug-likeness (QED) is 0.875. The highest BCUT2D eigenvalue weighted by Crippen LogP contribution is 2.38. The molecule has 0 aliphatic carbocycles. The number of hydrogen-bond acceptors (Lipinski definition) is 5. The van der Waals surface area contributed by atoms with Crippen molar-refractivity contribution in [3.05, 3.63) is 12.3 Å². The normalized spacial score (nSPS) is 23.8. The second-order valence-electron chi connectivity index (χ2n) is 4.81. The van der Waals surface area contributed by atoms with E-state index in [-0.39, 0.29) is 18.9 Å². The molecule has 1 N–H and O–H groups in total. The molecule has 0 spiro atoms. The molecule has 0 aromatic carbocycles. The predicted octanol–water partition coefficient (Wildman–Crippen LogP) is 1.05. The van der Waals surface area contributed by atoms with Crippen LogP contribution in [-0.2, 0) is 0 Å². The zero-order valence-corrected chi connectivity index (χ0v) is 10.6.